The Morgan fingerprint density at radius 1 is 0.833 bits per heavy atom. The molecule has 0 bridgehead atoms. The van der Waals surface area contributed by atoms with Crippen molar-refractivity contribution < 1.29 is 9.59 Å². The van der Waals surface area contributed by atoms with Crippen LogP contribution in [0.15, 0.2) is 48.5 Å². The van der Waals surface area contributed by atoms with Crippen LogP contribution in [-0.2, 0) is 4.79 Å². The Morgan fingerprint density at radius 3 is 1.96 bits per heavy atom. The molecule has 0 saturated carbocycles. The average molecular weight is 324 g/mol. The Bertz CT molecular complexity index is 719. The van der Waals surface area contributed by atoms with Crippen molar-refractivity contribution in [3.63, 3.8) is 0 Å². The second-order valence-corrected chi connectivity index (χ2v) is 6.46. The normalized spacial score (nSPS) is 10.8. The molecule has 0 fully saturated rings. The lowest BCUT2D eigenvalue weighted by Crippen LogP contribution is -2.18. The van der Waals surface area contributed by atoms with Crippen LogP contribution < -0.4 is 10.6 Å². The smallest absolute Gasteiger partial charge is 0.255 e. The van der Waals surface area contributed by atoms with Gasteiger partial charge in [-0.2, -0.15) is 0 Å². The summed E-state index contributed by atoms with van der Waals surface area (Å²) in [5.41, 5.74) is 3.12. The molecule has 0 aliphatic heterocycles. The number of carbonyl (C=O) groups is 2. The van der Waals surface area contributed by atoms with Crippen LogP contribution in [0.25, 0.3) is 0 Å². The number of hydrogen-bond acceptors (Lipinski definition) is 2. The molecule has 0 aromatic heterocycles. The molecule has 126 valence electrons. The molecular formula is C20H24N2O2. The minimum absolute atomic E-state index is 0.0530. The molecule has 0 heterocycles. The molecule has 2 rings (SSSR count). The fraction of sp³-hybridized carbons (Fsp3) is 0.300. The lowest BCUT2D eigenvalue weighted by molar-refractivity contribution is -0.118. The Balaban J connectivity index is 2.07. The molecular weight excluding hydrogens is 300 g/mol. The van der Waals surface area contributed by atoms with E-state index >= 15 is 0 Å². The summed E-state index contributed by atoms with van der Waals surface area (Å²) >= 11 is 0. The summed E-state index contributed by atoms with van der Waals surface area (Å²) < 4.78 is 0. The van der Waals surface area contributed by atoms with E-state index in [0.717, 1.165) is 0 Å². The van der Waals surface area contributed by atoms with Crippen molar-refractivity contribution in [3.05, 3.63) is 59.7 Å². The zero-order chi connectivity index (χ0) is 17.7. The molecule has 0 atom stereocenters. The van der Waals surface area contributed by atoms with Crippen LogP contribution >= 0.6 is 0 Å². The van der Waals surface area contributed by atoms with Crippen molar-refractivity contribution in [1.82, 2.24) is 0 Å². The van der Waals surface area contributed by atoms with Gasteiger partial charge in [0.15, 0.2) is 0 Å². The lowest BCUT2D eigenvalue weighted by atomic mass is 10.0. The molecule has 2 amide bonds. The van der Waals surface area contributed by atoms with Gasteiger partial charge in [0, 0.05) is 22.9 Å². The highest BCUT2D eigenvalue weighted by Gasteiger charge is 2.09. The maximum atomic E-state index is 12.3. The van der Waals surface area contributed by atoms with E-state index in [4.69, 9.17) is 0 Å². The maximum absolute atomic E-state index is 12.3. The van der Waals surface area contributed by atoms with E-state index in [2.05, 4.69) is 24.5 Å². The van der Waals surface area contributed by atoms with Gasteiger partial charge in [0.25, 0.3) is 5.91 Å². The number of amides is 2. The summed E-state index contributed by atoms with van der Waals surface area (Å²) in [6, 6.07) is 14.7. The Labute approximate surface area is 143 Å². The molecule has 4 heteroatoms. The molecule has 2 aromatic rings. The van der Waals surface area contributed by atoms with E-state index in [-0.39, 0.29) is 17.7 Å². The highest BCUT2D eigenvalue weighted by atomic mass is 16.2. The first-order chi connectivity index (χ1) is 11.4. The van der Waals surface area contributed by atoms with Crippen LogP contribution in [0.4, 0.5) is 11.4 Å². The first-order valence-electron chi connectivity index (χ1n) is 8.19. The van der Waals surface area contributed by atoms with Gasteiger partial charge in [-0.3, -0.25) is 9.59 Å². The van der Waals surface area contributed by atoms with E-state index in [0.29, 0.717) is 22.9 Å². The van der Waals surface area contributed by atoms with Gasteiger partial charge in [-0.1, -0.05) is 45.9 Å². The summed E-state index contributed by atoms with van der Waals surface area (Å²) in [5, 5.41) is 5.68. The fourth-order valence-corrected chi connectivity index (χ4v) is 2.18. The van der Waals surface area contributed by atoms with Crippen molar-refractivity contribution in [3.8, 4) is 0 Å². The standard InChI is InChI=1S/C20H24N2O2/c1-13(2)15-8-10-16(11-9-15)20(24)22-18-7-5-6-17(12-18)21-19(23)14(3)4/h5-14H,1-4H3,(H,21,23)(H,22,24). The summed E-state index contributed by atoms with van der Waals surface area (Å²) in [6.45, 7) is 7.90. The van der Waals surface area contributed by atoms with E-state index in [1.807, 2.05) is 38.1 Å². The molecule has 0 radical (unpaired) electrons. The highest BCUT2D eigenvalue weighted by Crippen LogP contribution is 2.18. The minimum Gasteiger partial charge on any atom is -0.326 e. The van der Waals surface area contributed by atoms with Gasteiger partial charge in [-0.15, -0.1) is 0 Å². The van der Waals surface area contributed by atoms with Gasteiger partial charge < -0.3 is 10.6 Å². The van der Waals surface area contributed by atoms with Gasteiger partial charge in [-0.05, 0) is 41.8 Å². The monoisotopic (exact) mass is 324 g/mol. The second-order valence-electron chi connectivity index (χ2n) is 6.46. The zero-order valence-corrected chi connectivity index (χ0v) is 14.6. The van der Waals surface area contributed by atoms with E-state index < -0.39 is 0 Å². The van der Waals surface area contributed by atoms with Gasteiger partial charge in [0.1, 0.15) is 0 Å². The third kappa shape index (κ3) is 4.69. The Hall–Kier alpha value is -2.62. The van der Waals surface area contributed by atoms with Crippen molar-refractivity contribution in [1.29, 1.82) is 0 Å². The maximum Gasteiger partial charge on any atom is 0.255 e. The molecule has 2 N–H and O–H groups in total. The summed E-state index contributed by atoms with van der Waals surface area (Å²) in [5.74, 6) is 0.117. The topological polar surface area (TPSA) is 58.2 Å². The van der Waals surface area contributed by atoms with E-state index in [9.17, 15) is 9.59 Å². The molecule has 0 aliphatic carbocycles. The first-order valence-corrected chi connectivity index (χ1v) is 8.19. The molecule has 0 aliphatic rings. The van der Waals surface area contributed by atoms with Gasteiger partial charge in [0.05, 0.1) is 0 Å². The second kappa shape index (κ2) is 7.77. The van der Waals surface area contributed by atoms with Crippen LogP contribution in [0.5, 0.6) is 0 Å². The number of hydrogen-bond donors (Lipinski definition) is 2. The summed E-state index contributed by atoms with van der Waals surface area (Å²) in [7, 11) is 0. The van der Waals surface area contributed by atoms with Crippen molar-refractivity contribution >= 4 is 23.2 Å². The molecule has 24 heavy (non-hydrogen) atoms. The lowest BCUT2D eigenvalue weighted by Gasteiger charge is -2.11. The number of rotatable bonds is 5. The Morgan fingerprint density at radius 2 is 1.42 bits per heavy atom. The Kier molecular flexibility index (Phi) is 5.74. The highest BCUT2D eigenvalue weighted by molar-refractivity contribution is 6.04. The summed E-state index contributed by atoms with van der Waals surface area (Å²) in [4.78, 5) is 24.1. The fourth-order valence-electron chi connectivity index (χ4n) is 2.18. The molecule has 0 unspecified atom stereocenters. The molecule has 4 nitrogen and oxygen atoms in total. The zero-order valence-electron chi connectivity index (χ0n) is 14.6. The number of nitrogens with one attached hydrogen (secondary N) is 2. The predicted octanol–water partition coefficient (Wildman–Crippen LogP) is 4.66. The van der Waals surface area contributed by atoms with Crippen LogP contribution in [-0.4, -0.2) is 11.8 Å². The predicted molar refractivity (Wildman–Crippen MR) is 98.4 cm³/mol. The van der Waals surface area contributed by atoms with Crippen LogP contribution in [0, 0.1) is 5.92 Å². The van der Waals surface area contributed by atoms with Crippen LogP contribution in [0.2, 0.25) is 0 Å². The van der Waals surface area contributed by atoms with E-state index in [1.54, 1.807) is 24.3 Å². The third-order valence-electron chi connectivity index (χ3n) is 3.75. The average Bonchev–Trinajstić information content (AvgIpc) is 2.55. The third-order valence-corrected chi connectivity index (χ3v) is 3.75. The summed E-state index contributed by atoms with van der Waals surface area (Å²) in [6.07, 6.45) is 0. The van der Waals surface area contributed by atoms with Gasteiger partial charge in [-0.25, -0.2) is 0 Å². The number of anilines is 2. The molecule has 0 saturated heterocycles. The number of carbonyl (C=O) groups excluding carboxylic acids is 2. The van der Waals surface area contributed by atoms with Crippen molar-refractivity contribution in [2.45, 2.75) is 33.6 Å². The largest absolute Gasteiger partial charge is 0.326 e. The van der Waals surface area contributed by atoms with E-state index in [1.165, 1.54) is 5.56 Å². The van der Waals surface area contributed by atoms with Gasteiger partial charge >= 0.3 is 0 Å². The van der Waals surface area contributed by atoms with Crippen LogP contribution in [0.1, 0.15) is 49.5 Å². The first kappa shape index (κ1) is 17.7. The molecule has 0 spiro atoms. The molecule has 2 aromatic carbocycles. The van der Waals surface area contributed by atoms with Crippen LogP contribution in [0.3, 0.4) is 0 Å². The van der Waals surface area contributed by atoms with Crippen molar-refractivity contribution in [2.75, 3.05) is 10.6 Å². The SMILES string of the molecule is CC(C)C(=O)Nc1cccc(NC(=O)c2ccc(C(C)C)cc2)c1. The minimum atomic E-state index is -0.169. The van der Waals surface area contributed by atoms with Crippen molar-refractivity contribution in [2.24, 2.45) is 5.92 Å². The number of benzene rings is 2. The quantitative estimate of drug-likeness (QED) is 0.840. The van der Waals surface area contributed by atoms with Gasteiger partial charge in [0.2, 0.25) is 5.91 Å².